The highest BCUT2D eigenvalue weighted by molar-refractivity contribution is 6.14. The van der Waals surface area contributed by atoms with Crippen LogP contribution in [0.4, 0.5) is 5.69 Å². The summed E-state index contributed by atoms with van der Waals surface area (Å²) >= 11 is 0. The average molecular weight is 494 g/mol. The zero-order valence-electron chi connectivity index (χ0n) is 20.7. The largest absolute Gasteiger partial charge is 0.463 e. The van der Waals surface area contributed by atoms with Crippen LogP contribution in [0.25, 0.3) is 15.8 Å². The maximum atomic E-state index is 13.4. The molecule has 2 saturated heterocycles. The predicted molar refractivity (Wildman–Crippen MR) is 134 cm³/mol. The number of esters is 1. The SMILES string of the molecule is [C-]#[N+]C(C(=O)OC)C(=NC1CCCCN(CC(=O)N2CCCC2)C1=O)Nc1ccc2cc(C)oc2c1. The Kier molecular flexibility index (Phi) is 7.88. The van der Waals surface area contributed by atoms with Gasteiger partial charge in [-0.05, 0) is 57.2 Å². The van der Waals surface area contributed by atoms with Crippen molar-refractivity contribution in [2.75, 3.05) is 38.6 Å². The Balaban J connectivity index is 1.61. The van der Waals surface area contributed by atoms with Crippen LogP contribution < -0.4 is 5.32 Å². The van der Waals surface area contributed by atoms with Gasteiger partial charge in [-0.2, -0.15) is 0 Å². The lowest BCUT2D eigenvalue weighted by Gasteiger charge is -2.25. The lowest BCUT2D eigenvalue weighted by molar-refractivity contribution is -0.140. The third-order valence-corrected chi connectivity index (χ3v) is 6.56. The lowest BCUT2D eigenvalue weighted by atomic mass is 10.1. The van der Waals surface area contributed by atoms with Crippen LogP contribution in [0.3, 0.4) is 0 Å². The summed E-state index contributed by atoms with van der Waals surface area (Å²) in [6, 6.07) is 5.14. The number of methoxy groups -OCH3 is 1. The minimum Gasteiger partial charge on any atom is -0.463 e. The fourth-order valence-electron chi connectivity index (χ4n) is 4.66. The zero-order valence-corrected chi connectivity index (χ0v) is 20.7. The number of fused-ring (bicyclic) bond motifs is 1. The van der Waals surface area contributed by atoms with Crippen LogP contribution in [0.1, 0.15) is 37.9 Å². The Hall–Kier alpha value is -3.87. The second-order valence-electron chi connectivity index (χ2n) is 9.16. The van der Waals surface area contributed by atoms with Gasteiger partial charge in [0.05, 0.1) is 13.7 Å². The number of aryl methyl sites for hydroxylation is 1. The van der Waals surface area contributed by atoms with Crippen LogP contribution in [0, 0.1) is 13.5 Å². The molecule has 0 bridgehead atoms. The smallest absolute Gasteiger partial charge is 0.398 e. The number of hydrogen-bond acceptors (Lipinski definition) is 6. The fourth-order valence-corrected chi connectivity index (χ4v) is 4.66. The van der Waals surface area contributed by atoms with E-state index >= 15 is 0 Å². The molecule has 0 saturated carbocycles. The van der Waals surface area contributed by atoms with Gasteiger partial charge < -0.3 is 24.3 Å². The molecule has 0 aliphatic carbocycles. The van der Waals surface area contributed by atoms with E-state index in [2.05, 4.69) is 15.2 Å². The summed E-state index contributed by atoms with van der Waals surface area (Å²) in [6.45, 7) is 11.4. The van der Waals surface area contributed by atoms with Crippen LogP contribution in [-0.2, 0) is 19.1 Å². The molecule has 2 amide bonds. The number of rotatable bonds is 6. The number of carbonyl (C=O) groups excluding carboxylic acids is 3. The van der Waals surface area contributed by atoms with Gasteiger partial charge >= 0.3 is 12.0 Å². The van der Waals surface area contributed by atoms with Crippen LogP contribution in [0.5, 0.6) is 0 Å². The number of nitrogens with one attached hydrogen (secondary N) is 1. The highest BCUT2D eigenvalue weighted by Gasteiger charge is 2.36. The van der Waals surface area contributed by atoms with Crippen molar-refractivity contribution in [2.24, 2.45) is 4.99 Å². The molecule has 36 heavy (non-hydrogen) atoms. The van der Waals surface area contributed by atoms with Crippen LogP contribution >= 0.6 is 0 Å². The number of amidine groups is 1. The molecule has 10 nitrogen and oxygen atoms in total. The first-order chi connectivity index (χ1) is 17.4. The number of anilines is 1. The molecule has 2 unspecified atom stereocenters. The van der Waals surface area contributed by atoms with Crippen LogP contribution in [-0.4, -0.2) is 78.8 Å². The number of ether oxygens (including phenoxy) is 1. The van der Waals surface area contributed by atoms with Crippen LogP contribution in [0.2, 0.25) is 0 Å². The van der Waals surface area contributed by atoms with E-state index in [0.29, 0.717) is 24.2 Å². The highest BCUT2D eigenvalue weighted by Crippen LogP contribution is 2.24. The summed E-state index contributed by atoms with van der Waals surface area (Å²) in [5.74, 6) is -0.305. The van der Waals surface area contributed by atoms with Crippen molar-refractivity contribution in [3.63, 3.8) is 0 Å². The Morgan fingerprint density at radius 3 is 2.69 bits per heavy atom. The van der Waals surface area contributed by atoms with Gasteiger partial charge in [0.15, 0.2) is 5.84 Å². The predicted octanol–water partition coefficient (Wildman–Crippen LogP) is 3.02. The standard InChI is InChI=1S/C26H31N5O5/c1-17-14-18-9-10-19(15-21(18)36-17)28-24(23(27-2)26(34)35-3)29-20-8-4-5-13-31(25(20)33)16-22(32)30-11-6-7-12-30/h9-10,14-15,20,23H,4-8,11-13,16H2,1,3H3,(H,28,29). The molecule has 2 aromatic rings. The molecule has 2 aliphatic rings. The second-order valence-corrected chi connectivity index (χ2v) is 9.16. The van der Waals surface area contributed by atoms with Gasteiger partial charge in [0, 0.05) is 36.8 Å². The average Bonchev–Trinajstić information content (AvgIpc) is 3.50. The molecule has 190 valence electrons. The summed E-state index contributed by atoms with van der Waals surface area (Å²) in [7, 11) is 1.21. The van der Waals surface area contributed by atoms with Gasteiger partial charge in [0.2, 0.25) is 11.8 Å². The van der Waals surface area contributed by atoms with E-state index in [-0.39, 0.29) is 24.2 Å². The van der Waals surface area contributed by atoms with E-state index in [4.69, 9.17) is 15.7 Å². The van der Waals surface area contributed by atoms with Gasteiger partial charge in [0.1, 0.15) is 17.4 Å². The summed E-state index contributed by atoms with van der Waals surface area (Å²) in [6.07, 6.45) is 3.92. The minimum atomic E-state index is -1.36. The normalized spacial score (nSPS) is 19.6. The summed E-state index contributed by atoms with van der Waals surface area (Å²) in [4.78, 5) is 49.9. The van der Waals surface area contributed by atoms with Gasteiger partial charge in [-0.15, -0.1) is 0 Å². The number of aliphatic imine (C=N–C) groups is 1. The van der Waals surface area contributed by atoms with Crippen molar-refractivity contribution < 1.29 is 23.5 Å². The number of likely N-dealkylation sites (tertiary alicyclic amines) is 2. The summed E-state index contributed by atoms with van der Waals surface area (Å²) in [5.41, 5.74) is 1.21. The monoisotopic (exact) mass is 493 g/mol. The van der Waals surface area contributed by atoms with Crippen molar-refractivity contribution in [1.82, 2.24) is 9.80 Å². The number of furan rings is 1. The Morgan fingerprint density at radius 2 is 1.97 bits per heavy atom. The van der Waals surface area contributed by atoms with Crippen molar-refractivity contribution in [2.45, 2.75) is 51.1 Å². The van der Waals surface area contributed by atoms with E-state index in [9.17, 15) is 14.4 Å². The molecule has 2 atom stereocenters. The third-order valence-electron chi connectivity index (χ3n) is 6.56. The molecular formula is C26H31N5O5. The van der Waals surface area contributed by atoms with Crippen molar-refractivity contribution >= 4 is 40.3 Å². The maximum absolute atomic E-state index is 13.4. The quantitative estimate of drug-likeness (QED) is 0.287. The van der Waals surface area contributed by atoms with E-state index in [1.807, 2.05) is 19.1 Å². The number of hydrogen-bond donors (Lipinski definition) is 1. The lowest BCUT2D eigenvalue weighted by Crippen LogP contribution is -2.45. The van der Waals surface area contributed by atoms with Crippen molar-refractivity contribution in [3.05, 3.63) is 41.4 Å². The fraction of sp³-hybridized carbons (Fsp3) is 0.500. The molecule has 2 fully saturated rings. The second kappa shape index (κ2) is 11.2. The van der Waals surface area contributed by atoms with Gasteiger partial charge in [-0.25, -0.2) is 11.4 Å². The Morgan fingerprint density at radius 1 is 1.22 bits per heavy atom. The highest BCUT2D eigenvalue weighted by atomic mass is 16.5. The third kappa shape index (κ3) is 5.67. The molecule has 1 aromatic carbocycles. The molecule has 2 aliphatic heterocycles. The van der Waals surface area contributed by atoms with Crippen molar-refractivity contribution in [1.29, 1.82) is 0 Å². The number of nitrogens with zero attached hydrogens (tertiary/aromatic N) is 4. The first-order valence-corrected chi connectivity index (χ1v) is 12.3. The van der Waals surface area contributed by atoms with Gasteiger partial charge in [-0.1, -0.05) is 0 Å². The maximum Gasteiger partial charge on any atom is 0.398 e. The topological polar surface area (TPSA) is 109 Å². The van der Waals surface area contributed by atoms with E-state index in [1.54, 1.807) is 21.9 Å². The number of benzene rings is 1. The first kappa shape index (κ1) is 25.2. The zero-order chi connectivity index (χ0) is 25.7. The molecule has 4 rings (SSSR count). The summed E-state index contributed by atoms with van der Waals surface area (Å²) < 4.78 is 10.5. The molecule has 0 spiro atoms. The van der Waals surface area contributed by atoms with Crippen LogP contribution in [0.15, 0.2) is 33.7 Å². The molecule has 10 heteroatoms. The van der Waals surface area contributed by atoms with E-state index in [1.165, 1.54) is 7.11 Å². The molecular weight excluding hydrogens is 462 g/mol. The Bertz CT molecular complexity index is 1210. The van der Waals surface area contributed by atoms with E-state index in [0.717, 1.165) is 49.9 Å². The first-order valence-electron chi connectivity index (χ1n) is 12.3. The molecule has 1 N–H and O–H groups in total. The number of carbonyl (C=O) groups is 3. The van der Waals surface area contributed by atoms with Gasteiger partial charge in [-0.3, -0.25) is 19.4 Å². The van der Waals surface area contributed by atoms with Crippen molar-refractivity contribution in [3.8, 4) is 0 Å². The molecule has 3 heterocycles. The Labute approximate surface area is 210 Å². The minimum absolute atomic E-state index is 0.0192. The molecule has 0 radical (unpaired) electrons. The molecule has 1 aromatic heterocycles. The number of amides is 2. The summed E-state index contributed by atoms with van der Waals surface area (Å²) in [5, 5.41) is 3.98. The van der Waals surface area contributed by atoms with E-state index < -0.39 is 18.1 Å². The van der Waals surface area contributed by atoms with Gasteiger partial charge in [0.25, 0.3) is 0 Å².